The average molecular weight is 412 g/mol. The Morgan fingerprint density at radius 1 is 0.929 bits per heavy atom. The molecule has 0 unspecified atom stereocenters. The maximum absolute atomic E-state index is 12.5. The molecule has 1 heterocycles. The van der Waals surface area contributed by atoms with Crippen LogP contribution >= 0.6 is 11.3 Å². The monoisotopic (exact) mass is 412 g/mol. The van der Waals surface area contributed by atoms with Crippen molar-refractivity contribution in [3.63, 3.8) is 0 Å². The molecule has 0 aliphatic rings. The van der Waals surface area contributed by atoms with E-state index in [9.17, 15) is 27.6 Å². The topological polar surface area (TPSA) is 75.3 Å². The van der Waals surface area contributed by atoms with E-state index >= 15 is 0 Å². The molecule has 0 fully saturated rings. The Hall–Kier alpha value is -2.68. The third-order valence-electron chi connectivity index (χ3n) is 3.81. The van der Waals surface area contributed by atoms with Gasteiger partial charge in [-0.15, -0.1) is 11.3 Å². The van der Waals surface area contributed by atoms with Gasteiger partial charge in [0.25, 0.3) is 5.91 Å². The molecule has 0 atom stereocenters. The second-order valence-electron chi connectivity index (χ2n) is 5.93. The van der Waals surface area contributed by atoms with Crippen LogP contribution in [0.3, 0.4) is 0 Å². The highest BCUT2D eigenvalue weighted by Crippen LogP contribution is 2.29. The number of halogens is 3. The standard InChI is InChI=1S/C19H19F3N2O3S/c20-19(21,22)14-8-6-13(7-9-14)18(27)24-11-10-23-17(26)5-1-3-15(25)16-4-2-12-28-16/h2,4,6-9,12H,1,3,5,10-11H2,(H,23,26)(H,24,27). The molecule has 0 aliphatic heterocycles. The summed E-state index contributed by atoms with van der Waals surface area (Å²) in [4.78, 5) is 36.1. The van der Waals surface area contributed by atoms with Crippen LogP contribution in [0.25, 0.3) is 0 Å². The molecule has 150 valence electrons. The smallest absolute Gasteiger partial charge is 0.354 e. The highest BCUT2D eigenvalue weighted by Gasteiger charge is 2.30. The van der Waals surface area contributed by atoms with Gasteiger partial charge in [0.2, 0.25) is 5.91 Å². The molecule has 2 aromatic rings. The van der Waals surface area contributed by atoms with Gasteiger partial charge in [0.1, 0.15) is 0 Å². The molecule has 1 aromatic heterocycles. The summed E-state index contributed by atoms with van der Waals surface area (Å²) in [5.74, 6) is -0.751. The summed E-state index contributed by atoms with van der Waals surface area (Å²) in [5.41, 5.74) is -0.722. The van der Waals surface area contributed by atoms with Gasteiger partial charge in [-0.25, -0.2) is 0 Å². The molecule has 0 radical (unpaired) electrons. The fraction of sp³-hybridized carbons (Fsp3) is 0.316. The first-order chi connectivity index (χ1) is 13.3. The first kappa shape index (κ1) is 21.6. The van der Waals surface area contributed by atoms with E-state index in [1.807, 2.05) is 5.38 Å². The molecule has 1 aromatic carbocycles. The number of Topliss-reactive ketones (excluding diaryl/α,β-unsaturated/α-hetero) is 1. The third-order valence-corrected chi connectivity index (χ3v) is 4.72. The fourth-order valence-corrected chi connectivity index (χ4v) is 3.04. The van der Waals surface area contributed by atoms with E-state index in [0.29, 0.717) is 17.7 Å². The van der Waals surface area contributed by atoms with Gasteiger partial charge < -0.3 is 10.6 Å². The predicted octanol–water partition coefficient (Wildman–Crippen LogP) is 3.67. The molecular weight excluding hydrogens is 393 g/mol. The van der Waals surface area contributed by atoms with E-state index in [-0.39, 0.29) is 36.8 Å². The van der Waals surface area contributed by atoms with Crippen molar-refractivity contribution in [3.05, 3.63) is 57.8 Å². The number of nitrogens with one attached hydrogen (secondary N) is 2. The molecule has 5 nitrogen and oxygen atoms in total. The van der Waals surface area contributed by atoms with E-state index in [2.05, 4.69) is 10.6 Å². The lowest BCUT2D eigenvalue weighted by atomic mass is 10.1. The lowest BCUT2D eigenvalue weighted by Gasteiger charge is -2.09. The summed E-state index contributed by atoms with van der Waals surface area (Å²) in [6, 6.07) is 7.42. The largest absolute Gasteiger partial charge is 0.416 e. The predicted molar refractivity (Wildman–Crippen MR) is 99.3 cm³/mol. The Balaban J connectivity index is 1.62. The Morgan fingerprint density at radius 2 is 1.61 bits per heavy atom. The van der Waals surface area contributed by atoms with Crippen LogP contribution in [0.5, 0.6) is 0 Å². The highest BCUT2D eigenvalue weighted by atomic mass is 32.1. The van der Waals surface area contributed by atoms with Gasteiger partial charge in [0.05, 0.1) is 10.4 Å². The van der Waals surface area contributed by atoms with E-state index in [1.54, 1.807) is 12.1 Å². The second kappa shape index (κ2) is 10.0. The van der Waals surface area contributed by atoms with Crippen molar-refractivity contribution in [2.24, 2.45) is 0 Å². The van der Waals surface area contributed by atoms with Gasteiger partial charge in [0, 0.05) is 31.5 Å². The summed E-state index contributed by atoms with van der Waals surface area (Å²) < 4.78 is 37.5. The van der Waals surface area contributed by atoms with E-state index < -0.39 is 17.6 Å². The average Bonchev–Trinajstić information content (AvgIpc) is 3.19. The fourth-order valence-electron chi connectivity index (χ4n) is 2.35. The minimum atomic E-state index is -4.45. The number of rotatable bonds is 9. The first-order valence-electron chi connectivity index (χ1n) is 8.56. The Bertz CT molecular complexity index is 803. The van der Waals surface area contributed by atoms with Gasteiger partial charge >= 0.3 is 6.18 Å². The van der Waals surface area contributed by atoms with Gasteiger partial charge in [-0.2, -0.15) is 13.2 Å². The number of alkyl halides is 3. The van der Waals surface area contributed by atoms with Crippen molar-refractivity contribution in [2.45, 2.75) is 25.4 Å². The highest BCUT2D eigenvalue weighted by molar-refractivity contribution is 7.12. The molecule has 9 heteroatoms. The van der Waals surface area contributed by atoms with Crippen molar-refractivity contribution >= 4 is 28.9 Å². The summed E-state index contributed by atoms with van der Waals surface area (Å²) >= 11 is 1.36. The van der Waals surface area contributed by atoms with Crippen molar-refractivity contribution in [3.8, 4) is 0 Å². The van der Waals surface area contributed by atoms with Crippen LogP contribution in [-0.2, 0) is 11.0 Å². The van der Waals surface area contributed by atoms with Crippen molar-refractivity contribution < 1.29 is 27.6 Å². The summed E-state index contributed by atoms with van der Waals surface area (Å²) in [5, 5.41) is 6.95. The molecular formula is C19H19F3N2O3S. The number of ketones is 1. The Kier molecular flexibility index (Phi) is 7.74. The molecule has 0 aliphatic carbocycles. The van der Waals surface area contributed by atoms with E-state index in [4.69, 9.17) is 0 Å². The van der Waals surface area contributed by atoms with Gasteiger partial charge in [-0.1, -0.05) is 6.07 Å². The first-order valence-corrected chi connectivity index (χ1v) is 9.44. The lowest BCUT2D eigenvalue weighted by Crippen LogP contribution is -2.34. The second-order valence-corrected chi connectivity index (χ2v) is 6.88. The van der Waals surface area contributed by atoms with Crippen LogP contribution in [0.2, 0.25) is 0 Å². The van der Waals surface area contributed by atoms with Gasteiger partial charge in [0.15, 0.2) is 5.78 Å². The lowest BCUT2D eigenvalue weighted by molar-refractivity contribution is -0.137. The number of thiophene rings is 1. The summed E-state index contributed by atoms with van der Waals surface area (Å²) in [7, 11) is 0. The number of carbonyl (C=O) groups is 3. The van der Waals surface area contributed by atoms with Crippen LogP contribution in [0.1, 0.15) is 44.9 Å². The van der Waals surface area contributed by atoms with E-state index in [0.717, 1.165) is 24.3 Å². The Morgan fingerprint density at radius 3 is 2.21 bits per heavy atom. The molecule has 0 saturated heterocycles. The van der Waals surface area contributed by atoms with Crippen LogP contribution in [0, 0.1) is 0 Å². The minimum absolute atomic E-state index is 0.00612. The maximum atomic E-state index is 12.5. The summed E-state index contributed by atoms with van der Waals surface area (Å²) in [6.45, 7) is 0.323. The molecule has 0 spiro atoms. The zero-order valence-corrected chi connectivity index (χ0v) is 15.7. The van der Waals surface area contributed by atoms with Crippen LogP contribution in [0.15, 0.2) is 41.8 Å². The zero-order valence-electron chi connectivity index (χ0n) is 14.8. The molecule has 0 saturated carbocycles. The van der Waals surface area contributed by atoms with Crippen LogP contribution in [-0.4, -0.2) is 30.7 Å². The van der Waals surface area contributed by atoms with Crippen molar-refractivity contribution in [1.82, 2.24) is 10.6 Å². The molecule has 2 amide bonds. The van der Waals surface area contributed by atoms with Crippen LogP contribution < -0.4 is 10.6 Å². The quantitative estimate of drug-likeness (QED) is 0.488. The molecule has 28 heavy (non-hydrogen) atoms. The number of benzene rings is 1. The number of hydrogen-bond acceptors (Lipinski definition) is 4. The third kappa shape index (κ3) is 6.80. The maximum Gasteiger partial charge on any atom is 0.416 e. The summed E-state index contributed by atoms with van der Waals surface area (Å²) in [6.07, 6.45) is -3.53. The minimum Gasteiger partial charge on any atom is -0.354 e. The van der Waals surface area contributed by atoms with Gasteiger partial charge in [-0.3, -0.25) is 14.4 Å². The SMILES string of the molecule is O=C(CCCC(=O)c1cccs1)NCCNC(=O)c1ccc(C(F)(F)F)cc1. The number of amides is 2. The van der Waals surface area contributed by atoms with E-state index in [1.165, 1.54) is 11.3 Å². The molecule has 2 N–H and O–H groups in total. The molecule has 2 rings (SSSR count). The van der Waals surface area contributed by atoms with Gasteiger partial charge in [-0.05, 0) is 42.1 Å². The van der Waals surface area contributed by atoms with Crippen molar-refractivity contribution in [2.75, 3.05) is 13.1 Å². The normalized spacial score (nSPS) is 11.1. The van der Waals surface area contributed by atoms with Crippen molar-refractivity contribution in [1.29, 1.82) is 0 Å². The molecule has 0 bridgehead atoms. The Labute approximate surface area is 163 Å². The zero-order chi connectivity index (χ0) is 20.6. The number of hydrogen-bond donors (Lipinski definition) is 2. The number of carbonyl (C=O) groups excluding carboxylic acids is 3. The van der Waals surface area contributed by atoms with Crippen LogP contribution in [0.4, 0.5) is 13.2 Å².